The first-order valence-electron chi connectivity index (χ1n) is 5.55. The lowest BCUT2D eigenvalue weighted by atomic mass is 10.1. The lowest BCUT2D eigenvalue weighted by molar-refractivity contribution is -0.137. The van der Waals surface area contributed by atoms with E-state index < -0.39 is 11.7 Å². The van der Waals surface area contributed by atoms with Gasteiger partial charge >= 0.3 is 6.18 Å². The third-order valence-electron chi connectivity index (χ3n) is 2.59. The second-order valence-corrected chi connectivity index (χ2v) is 5.14. The van der Waals surface area contributed by atoms with Gasteiger partial charge in [-0.15, -0.1) is 11.3 Å². The molecule has 2 aromatic rings. The van der Waals surface area contributed by atoms with E-state index in [2.05, 4.69) is 4.98 Å². The SMILES string of the molecule is CCc1nc(C)sc1-c1cccc(C(F)(F)F)c1. The first-order valence-corrected chi connectivity index (χ1v) is 6.37. The van der Waals surface area contributed by atoms with Gasteiger partial charge in [0.15, 0.2) is 0 Å². The van der Waals surface area contributed by atoms with E-state index in [0.29, 0.717) is 5.56 Å². The highest BCUT2D eigenvalue weighted by Crippen LogP contribution is 2.35. The van der Waals surface area contributed by atoms with Crippen LogP contribution in [0.5, 0.6) is 0 Å². The molecule has 0 unspecified atom stereocenters. The van der Waals surface area contributed by atoms with Crippen LogP contribution in [-0.4, -0.2) is 4.98 Å². The Hall–Kier alpha value is -1.36. The minimum atomic E-state index is -4.30. The van der Waals surface area contributed by atoms with Crippen LogP contribution in [0.1, 0.15) is 23.2 Å². The molecule has 0 saturated heterocycles. The fourth-order valence-electron chi connectivity index (χ4n) is 1.77. The van der Waals surface area contributed by atoms with Gasteiger partial charge in [0.2, 0.25) is 0 Å². The molecule has 18 heavy (non-hydrogen) atoms. The van der Waals surface area contributed by atoms with Crippen LogP contribution in [0.15, 0.2) is 24.3 Å². The highest BCUT2D eigenvalue weighted by Gasteiger charge is 2.30. The van der Waals surface area contributed by atoms with Gasteiger partial charge in [0.25, 0.3) is 0 Å². The molecule has 1 nitrogen and oxygen atoms in total. The van der Waals surface area contributed by atoms with Crippen molar-refractivity contribution < 1.29 is 13.2 Å². The molecule has 0 amide bonds. The molecule has 0 saturated carbocycles. The molecule has 0 fully saturated rings. The smallest absolute Gasteiger partial charge is 0.246 e. The summed E-state index contributed by atoms with van der Waals surface area (Å²) in [4.78, 5) is 5.17. The van der Waals surface area contributed by atoms with E-state index in [1.807, 2.05) is 13.8 Å². The number of hydrogen-bond donors (Lipinski definition) is 0. The third-order valence-corrected chi connectivity index (χ3v) is 3.65. The van der Waals surface area contributed by atoms with Gasteiger partial charge in [0.05, 0.1) is 21.1 Å². The van der Waals surface area contributed by atoms with Crippen molar-refractivity contribution in [1.29, 1.82) is 0 Å². The van der Waals surface area contributed by atoms with Gasteiger partial charge in [-0.2, -0.15) is 13.2 Å². The van der Waals surface area contributed by atoms with Crippen molar-refractivity contribution >= 4 is 11.3 Å². The molecule has 96 valence electrons. The van der Waals surface area contributed by atoms with Gasteiger partial charge in [0.1, 0.15) is 0 Å². The Morgan fingerprint density at radius 1 is 1.28 bits per heavy atom. The zero-order valence-electron chi connectivity index (χ0n) is 10.0. The van der Waals surface area contributed by atoms with Gasteiger partial charge in [-0.05, 0) is 31.0 Å². The number of aromatic nitrogens is 1. The standard InChI is InChI=1S/C13H12F3NS/c1-3-11-12(18-8(2)17-11)9-5-4-6-10(7-9)13(14,15)16/h4-7H,3H2,1-2H3. The molecular formula is C13H12F3NS. The summed E-state index contributed by atoms with van der Waals surface area (Å²) in [5.74, 6) is 0. The summed E-state index contributed by atoms with van der Waals surface area (Å²) in [6.07, 6.45) is -3.59. The second-order valence-electron chi connectivity index (χ2n) is 3.94. The topological polar surface area (TPSA) is 12.9 Å². The number of halogens is 3. The van der Waals surface area contributed by atoms with Crippen molar-refractivity contribution in [3.63, 3.8) is 0 Å². The molecule has 5 heteroatoms. The Morgan fingerprint density at radius 2 is 2.00 bits per heavy atom. The maximum Gasteiger partial charge on any atom is 0.416 e. The maximum absolute atomic E-state index is 12.7. The number of alkyl halides is 3. The normalized spacial score (nSPS) is 11.8. The van der Waals surface area contributed by atoms with Crippen LogP contribution in [0.2, 0.25) is 0 Å². The predicted octanol–water partition coefficient (Wildman–Crippen LogP) is 4.70. The van der Waals surface area contributed by atoms with E-state index in [1.165, 1.54) is 23.5 Å². The Bertz CT molecular complexity index is 558. The molecule has 1 aromatic heterocycles. The van der Waals surface area contributed by atoms with Crippen LogP contribution in [0, 0.1) is 6.92 Å². The van der Waals surface area contributed by atoms with Gasteiger partial charge in [-0.3, -0.25) is 0 Å². The van der Waals surface area contributed by atoms with Crippen molar-refractivity contribution in [3.05, 3.63) is 40.5 Å². The molecular weight excluding hydrogens is 259 g/mol. The monoisotopic (exact) mass is 271 g/mol. The Morgan fingerprint density at radius 3 is 2.61 bits per heavy atom. The molecule has 0 aliphatic heterocycles. The first-order chi connectivity index (χ1) is 8.41. The molecule has 0 atom stereocenters. The van der Waals surface area contributed by atoms with E-state index in [9.17, 15) is 13.2 Å². The third kappa shape index (κ3) is 2.56. The fraction of sp³-hybridized carbons (Fsp3) is 0.308. The Labute approximate surface area is 107 Å². The quantitative estimate of drug-likeness (QED) is 0.771. The fourth-order valence-corrected chi connectivity index (χ4v) is 2.78. The summed E-state index contributed by atoms with van der Waals surface area (Å²) in [5, 5.41) is 0.874. The molecule has 0 spiro atoms. The van der Waals surface area contributed by atoms with Gasteiger partial charge in [0, 0.05) is 0 Å². The highest BCUT2D eigenvalue weighted by molar-refractivity contribution is 7.15. The predicted molar refractivity (Wildman–Crippen MR) is 66.7 cm³/mol. The summed E-state index contributed by atoms with van der Waals surface area (Å²) in [5.41, 5.74) is 0.831. The summed E-state index contributed by atoms with van der Waals surface area (Å²) in [6, 6.07) is 5.41. The summed E-state index contributed by atoms with van der Waals surface area (Å²) < 4.78 is 38.0. The lowest BCUT2D eigenvalue weighted by Crippen LogP contribution is -2.04. The first kappa shape index (κ1) is 13.1. The van der Waals surface area contributed by atoms with Crippen molar-refractivity contribution in [3.8, 4) is 10.4 Å². The van der Waals surface area contributed by atoms with Crippen LogP contribution < -0.4 is 0 Å². The van der Waals surface area contributed by atoms with E-state index in [4.69, 9.17) is 0 Å². The van der Waals surface area contributed by atoms with Crippen LogP contribution in [0.3, 0.4) is 0 Å². The molecule has 1 aromatic carbocycles. The molecule has 1 heterocycles. The van der Waals surface area contributed by atoms with Crippen LogP contribution in [-0.2, 0) is 12.6 Å². The highest BCUT2D eigenvalue weighted by atomic mass is 32.1. The van der Waals surface area contributed by atoms with Gasteiger partial charge in [-0.1, -0.05) is 19.1 Å². The Balaban J connectivity index is 2.51. The summed E-state index contributed by atoms with van der Waals surface area (Å²) in [6.45, 7) is 3.81. The van der Waals surface area contributed by atoms with Crippen molar-refractivity contribution in [2.24, 2.45) is 0 Å². The largest absolute Gasteiger partial charge is 0.416 e. The van der Waals surface area contributed by atoms with E-state index in [-0.39, 0.29) is 0 Å². The number of nitrogens with zero attached hydrogens (tertiary/aromatic N) is 1. The molecule has 2 rings (SSSR count). The number of aryl methyl sites for hydroxylation is 2. The Kier molecular flexibility index (Phi) is 3.43. The molecule has 0 N–H and O–H groups in total. The minimum absolute atomic E-state index is 0.590. The second kappa shape index (κ2) is 4.72. The zero-order chi connectivity index (χ0) is 13.3. The van der Waals surface area contributed by atoms with E-state index in [0.717, 1.165) is 28.1 Å². The van der Waals surface area contributed by atoms with E-state index in [1.54, 1.807) is 6.07 Å². The average molecular weight is 271 g/mol. The van der Waals surface area contributed by atoms with Crippen molar-refractivity contribution in [1.82, 2.24) is 4.98 Å². The van der Waals surface area contributed by atoms with Gasteiger partial charge in [-0.25, -0.2) is 4.98 Å². The summed E-state index contributed by atoms with van der Waals surface area (Å²) >= 11 is 1.43. The van der Waals surface area contributed by atoms with Crippen molar-refractivity contribution in [2.75, 3.05) is 0 Å². The molecule has 0 aliphatic carbocycles. The van der Waals surface area contributed by atoms with Crippen molar-refractivity contribution in [2.45, 2.75) is 26.4 Å². The number of thiazole rings is 1. The average Bonchev–Trinajstić information content (AvgIpc) is 2.69. The molecule has 0 aliphatic rings. The minimum Gasteiger partial charge on any atom is -0.246 e. The lowest BCUT2D eigenvalue weighted by Gasteiger charge is -2.08. The molecule has 0 radical (unpaired) electrons. The van der Waals surface area contributed by atoms with E-state index >= 15 is 0 Å². The maximum atomic E-state index is 12.7. The zero-order valence-corrected chi connectivity index (χ0v) is 10.8. The summed E-state index contributed by atoms with van der Waals surface area (Å²) in [7, 11) is 0. The van der Waals surface area contributed by atoms with Crippen LogP contribution >= 0.6 is 11.3 Å². The van der Waals surface area contributed by atoms with Crippen LogP contribution in [0.4, 0.5) is 13.2 Å². The van der Waals surface area contributed by atoms with Crippen LogP contribution in [0.25, 0.3) is 10.4 Å². The number of hydrogen-bond acceptors (Lipinski definition) is 2. The van der Waals surface area contributed by atoms with Gasteiger partial charge < -0.3 is 0 Å². The number of rotatable bonds is 2. The number of benzene rings is 1. The molecule has 0 bridgehead atoms.